The Kier molecular flexibility index (Phi) is 17.9. The van der Waals surface area contributed by atoms with Gasteiger partial charge in [-0.05, 0) is 42.3 Å². The zero-order valence-corrected chi connectivity index (χ0v) is 32.3. The van der Waals surface area contributed by atoms with Crippen LogP contribution in [-0.2, 0) is 34.4 Å². The van der Waals surface area contributed by atoms with E-state index in [-0.39, 0.29) is 30.3 Å². The molecule has 1 saturated heterocycles. The molecular formula is C38H54FN6O9P. The zero-order chi connectivity index (χ0) is 39.7. The number of hydrogen-bond acceptors (Lipinski definition) is 13. The van der Waals surface area contributed by atoms with E-state index in [4.69, 9.17) is 29.0 Å². The van der Waals surface area contributed by atoms with Crippen molar-refractivity contribution in [3.05, 3.63) is 59.3 Å². The minimum absolute atomic E-state index is 0.0319. The van der Waals surface area contributed by atoms with Gasteiger partial charge < -0.3 is 35.1 Å². The van der Waals surface area contributed by atoms with Crippen molar-refractivity contribution < 1.29 is 47.3 Å². The Balaban J connectivity index is 1.26. The molecule has 17 heteroatoms. The fourth-order valence-corrected chi connectivity index (χ4v) is 7.24. The number of phosphoric acid groups is 1. The van der Waals surface area contributed by atoms with E-state index >= 15 is 0 Å². The Bertz CT molecular complexity index is 1770. The molecule has 1 aliphatic heterocycles. The van der Waals surface area contributed by atoms with Crippen molar-refractivity contribution in [1.82, 2.24) is 14.6 Å². The molecule has 4 rings (SSSR count). The van der Waals surface area contributed by atoms with Crippen LogP contribution in [0.4, 0.5) is 10.2 Å². The van der Waals surface area contributed by atoms with Gasteiger partial charge in [0.05, 0.1) is 37.1 Å². The molecule has 0 saturated carbocycles. The van der Waals surface area contributed by atoms with Crippen molar-refractivity contribution in [2.45, 2.75) is 127 Å². The molecule has 55 heavy (non-hydrogen) atoms. The fourth-order valence-electron chi connectivity index (χ4n) is 6.46. The van der Waals surface area contributed by atoms with Crippen LogP contribution in [0.15, 0.2) is 36.7 Å². The Morgan fingerprint density at radius 2 is 1.67 bits per heavy atom. The van der Waals surface area contributed by atoms with Crippen molar-refractivity contribution in [1.29, 1.82) is 10.5 Å². The van der Waals surface area contributed by atoms with Gasteiger partial charge in [-0.25, -0.2) is 18.5 Å². The van der Waals surface area contributed by atoms with E-state index in [9.17, 15) is 34.6 Å². The Labute approximate surface area is 321 Å². The maximum Gasteiger partial charge on any atom is 0.472 e. The summed E-state index contributed by atoms with van der Waals surface area (Å²) in [6.07, 6.45) is 11.2. The first kappa shape index (κ1) is 44.2. The molecule has 1 unspecified atom stereocenters. The number of aromatic nitrogens is 3. The molecule has 0 bridgehead atoms. The average molecular weight is 789 g/mol. The lowest BCUT2D eigenvalue weighted by atomic mass is 9.96. The lowest BCUT2D eigenvalue weighted by Gasteiger charge is -2.26. The highest BCUT2D eigenvalue weighted by Crippen LogP contribution is 2.47. The molecule has 2 aromatic heterocycles. The average Bonchev–Trinajstić information content (AvgIpc) is 3.71. The van der Waals surface area contributed by atoms with E-state index in [1.165, 1.54) is 93.3 Å². The van der Waals surface area contributed by atoms with Crippen LogP contribution in [0.1, 0.15) is 113 Å². The van der Waals surface area contributed by atoms with Gasteiger partial charge in [0.25, 0.3) is 0 Å². The zero-order valence-electron chi connectivity index (χ0n) is 31.4. The lowest BCUT2D eigenvalue weighted by molar-refractivity contribution is -0.0790. The van der Waals surface area contributed by atoms with Crippen LogP contribution in [0, 0.1) is 28.5 Å². The number of rotatable bonds is 26. The number of anilines is 1. The monoisotopic (exact) mass is 788 g/mol. The SMILES string of the molecule is CCCCCCCCCCCCCCCOC[C@H](COP(=O)(O)OC[C@@]1(C#N)O[C@@H](c2ccc3c(N)ncnn23)[C@H](O)[C@@H]1O)OCc1cc(F)cc(C#N)c1. The number of nitrogens with zero attached hydrogens (tertiary/aromatic N) is 5. The van der Waals surface area contributed by atoms with Gasteiger partial charge in [0.1, 0.15) is 54.8 Å². The van der Waals surface area contributed by atoms with E-state index in [0.717, 1.165) is 25.3 Å². The highest BCUT2D eigenvalue weighted by molar-refractivity contribution is 7.47. The molecule has 0 aliphatic carbocycles. The third kappa shape index (κ3) is 13.3. The summed E-state index contributed by atoms with van der Waals surface area (Å²) in [6.45, 7) is 1.01. The summed E-state index contributed by atoms with van der Waals surface area (Å²) in [5.74, 6) is -0.465. The number of phosphoric ester groups is 1. The number of benzene rings is 1. The summed E-state index contributed by atoms with van der Waals surface area (Å²) in [6, 6.07) is 10.5. The molecule has 1 fully saturated rings. The van der Waals surface area contributed by atoms with Crippen LogP contribution >= 0.6 is 7.82 Å². The molecule has 6 atom stereocenters. The molecule has 0 radical (unpaired) electrons. The van der Waals surface area contributed by atoms with Crippen molar-refractivity contribution in [3.8, 4) is 12.1 Å². The molecule has 3 heterocycles. The van der Waals surface area contributed by atoms with E-state index in [0.29, 0.717) is 17.7 Å². The molecule has 0 spiro atoms. The van der Waals surface area contributed by atoms with Crippen molar-refractivity contribution >= 4 is 19.2 Å². The van der Waals surface area contributed by atoms with Gasteiger partial charge in [-0.15, -0.1) is 0 Å². The molecular weight excluding hydrogens is 734 g/mol. The summed E-state index contributed by atoms with van der Waals surface area (Å²) in [7, 11) is -4.92. The summed E-state index contributed by atoms with van der Waals surface area (Å²) < 4.78 is 56.2. The Morgan fingerprint density at radius 1 is 1.00 bits per heavy atom. The summed E-state index contributed by atoms with van der Waals surface area (Å²) in [5.41, 5.74) is 4.74. The van der Waals surface area contributed by atoms with Crippen molar-refractivity contribution in [2.24, 2.45) is 0 Å². The maximum atomic E-state index is 14.0. The van der Waals surface area contributed by atoms with Crippen LogP contribution in [0.3, 0.4) is 0 Å². The largest absolute Gasteiger partial charge is 0.472 e. The standard InChI is InChI=1S/C38H54FN6O9P/c1-2-3-4-5-6-7-8-9-10-11-12-13-14-17-50-23-31(51-22-29-18-28(21-40)19-30(39)20-29)24-52-55(48,49)53-26-38(25-41)36(47)34(46)35(54-38)32-15-16-33-37(42)43-27-44-45(32)33/h15-16,18-20,27,31,34-36,46-47H,2-14,17,22-24,26H2,1H3,(H,48,49)(H2,42,43,44)/t31-,34+,35+,36+,38-/m1/s1. The quantitative estimate of drug-likeness (QED) is 0.0524. The van der Waals surface area contributed by atoms with Gasteiger partial charge in [0.15, 0.2) is 5.82 Å². The predicted molar refractivity (Wildman–Crippen MR) is 200 cm³/mol. The van der Waals surface area contributed by atoms with Crippen LogP contribution in [0.25, 0.3) is 5.52 Å². The second-order valence-electron chi connectivity index (χ2n) is 13.9. The molecule has 302 valence electrons. The third-order valence-corrected chi connectivity index (χ3v) is 10.5. The minimum atomic E-state index is -4.92. The smallest absolute Gasteiger partial charge is 0.387 e. The maximum absolute atomic E-state index is 14.0. The third-order valence-electron chi connectivity index (χ3n) is 9.57. The lowest BCUT2D eigenvalue weighted by Crippen LogP contribution is -2.45. The second kappa shape index (κ2) is 22.3. The normalized spacial score (nSPS) is 21.3. The van der Waals surface area contributed by atoms with E-state index < -0.39 is 56.9 Å². The number of fused-ring (bicyclic) bond motifs is 1. The number of halogens is 1. The summed E-state index contributed by atoms with van der Waals surface area (Å²) in [5, 5.41) is 45.1. The summed E-state index contributed by atoms with van der Waals surface area (Å²) in [4.78, 5) is 14.5. The first-order chi connectivity index (χ1) is 26.5. The number of aliphatic hydroxyl groups is 2. The first-order valence-electron chi connectivity index (χ1n) is 19.1. The number of ether oxygens (including phenoxy) is 3. The van der Waals surface area contributed by atoms with Gasteiger partial charge >= 0.3 is 7.82 Å². The molecule has 3 aromatic rings. The van der Waals surface area contributed by atoms with Gasteiger partial charge in [-0.3, -0.25) is 9.05 Å². The molecule has 1 aliphatic rings. The molecule has 5 N–H and O–H groups in total. The van der Waals surface area contributed by atoms with Gasteiger partial charge in [-0.1, -0.05) is 84.0 Å². The van der Waals surface area contributed by atoms with Crippen LogP contribution < -0.4 is 5.73 Å². The molecule has 15 nitrogen and oxygen atoms in total. The van der Waals surface area contributed by atoms with E-state index in [1.54, 1.807) is 12.1 Å². The number of nitrogen functional groups attached to an aromatic ring is 1. The van der Waals surface area contributed by atoms with Crippen LogP contribution in [0.2, 0.25) is 0 Å². The highest BCUT2D eigenvalue weighted by atomic mass is 31.2. The number of aliphatic hydroxyl groups excluding tert-OH is 2. The number of nitriles is 2. The minimum Gasteiger partial charge on any atom is -0.387 e. The Morgan fingerprint density at radius 3 is 2.33 bits per heavy atom. The van der Waals surface area contributed by atoms with Gasteiger partial charge in [-0.2, -0.15) is 15.6 Å². The molecule has 0 amide bonds. The first-order valence-corrected chi connectivity index (χ1v) is 20.6. The van der Waals surface area contributed by atoms with Gasteiger partial charge in [0, 0.05) is 6.61 Å². The van der Waals surface area contributed by atoms with Crippen molar-refractivity contribution in [3.63, 3.8) is 0 Å². The van der Waals surface area contributed by atoms with E-state index in [1.807, 2.05) is 6.07 Å². The number of hydrogen-bond donors (Lipinski definition) is 4. The number of unbranched alkanes of at least 4 members (excludes halogenated alkanes) is 12. The fraction of sp³-hybridized carbons (Fsp3) is 0.632. The van der Waals surface area contributed by atoms with Crippen LogP contribution in [-0.4, -0.2) is 80.0 Å². The second-order valence-corrected chi connectivity index (χ2v) is 15.4. The molecule has 1 aromatic carbocycles. The Hall–Kier alpha value is -3.54. The van der Waals surface area contributed by atoms with E-state index in [2.05, 4.69) is 17.0 Å². The number of nitrogens with two attached hydrogens (primary N) is 1. The van der Waals surface area contributed by atoms with Crippen LogP contribution in [0.5, 0.6) is 0 Å². The predicted octanol–water partition coefficient (Wildman–Crippen LogP) is 6.20. The van der Waals surface area contributed by atoms with Crippen molar-refractivity contribution in [2.75, 3.05) is 32.2 Å². The topological polar surface area (TPSA) is 228 Å². The highest BCUT2D eigenvalue weighted by Gasteiger charge is 2.57. The summed E-state index contributed by atoms with van der Waals surface area (Å²) >= 11 is 0. The van der Waals surface area contributed by atoms with Gasteiger partial charge in [0.2, 0.25) is 5.60 Å².